The Kier molecular flexibility index (Phi) is 3.73. The van der Waals surface area contributed by atoms with Crippen molar-refractivity contribution in [3.63, 3.8) is 0 Å². The van der Waals surface area contributed by atoms with Gasteiger partial charge in [-0.15, -0.1) is 0 Å². The third kappa shape index (κ3) is 2.87. The van der Waals surface area contributed by atoms with Crippen molar-refractivity contribution in [3.05, 3.63) is 75.3 Å². The quantitative estimate of drug-likeness (QED) is 0.505. The molecule has 0 saturated heterocycles. The topological polar surface area (TPSA) is 111 Å². The molecule has 1 aliphatic heterocycles. The fourth-order valence-electron chi connectivity index (χ4n) is 2.19. The normalized spacial score (nSPS) is 15.7. The zero-order valence-electron chi connectivity index (χ0n) is 11.7. The molecule has 8 heteroatoms. The van der Waals surface area contributed by atoms with Crippen LogP contribution < -0.4 is 10.9 Å². The van der Waals surface area contributed by atoms with Crippen LogP contribution in [0.25, 0.3) is 0 Å². The summed E-state index contributed by atoms with van der Waals surface area (Å²) in [5.74, 6) is -0.969. The lowest BCUT2D eigenvalue weighted by molar-refractivity contribution is -0.384. The van der Waals surface area contributed by atoms with Gasteiger partial charge in [-0.05, 0) is 18.2 Å². The molecule has 116 valence electrons. The number of nitro benzene ring substituents is 1. The number of carbonyl (C=O) groups excluding carboxylic acids is 2. The van der Waals surface area contributed by atoms with Crippen LogP contribution in [0.4, 0.5) is 5.69 Å². The highest BCUT2D eigenvalue weighted by Gasteiger charge is 2.30. The molecule has 0 saturated carbocycles. The van der Waals surface area contributed by atoms with Crippen LogP contribution in [-0.2, 0) is 4.74 Å². The van der Waals surface area contributed by atoms with Gasteiger partial charge in [0.15, 0.2) is 6.23 Å². The summed E-state index contributed by atoms with van der Waals surface area (Å²) >= 11 is 0. The Morgan fingerprint density at radius 3 is 2.52 bits per heavy atom. The Bertz CT molecular complexity index is 788. The molecule has 2 N–H and O–H groups in total. The Balaban J connectivity index is 1.66. The largest absolute Gasteiger partial charge is 0.437 e. The van der Waals surface area contributed by atoms with Gasteiger partial charge in [0.1, 0.15) is 0 Å². The SMILES string of the molecule is O=C(NNC1OC(=O)c2ccccc21)c1ccc([N+](=O)[O-])cc1. The predicted molar refractivity (Wildman–Crippen MR) is 78.3 cm³/mol. The highest BCUT2D eigenvalue weighted by atomic mass is 16.6. The van der Waals surface area contributed by atoms with E-state index in [0.29, 0.717) is 11.1 Å². The average molecular weight is 313 g/mol. The molecule has 23 heavy (non-hydrogen) atoms. The van der Waals surface area contributed by atoms with Gasteiger partial charge in [0, 0.05) is 23.3 Å². The number of nitrogens with zero attached hydrogens (tertiary/aromatic N) is 1. The third-order valence-electron chi connectivity index (χ3n) is 3.35. The fraction of sp³-hybridized carbons (Fsp3) is 0.0667. The summed E-state index contributed by atoms with van der Waals surface area (Å²) in [6.07, 6.45) is -0.777. The minimum atomic E-state index is -0.777. The molecular weight excluding hydrogens is 302 g/mol. The van der Waals surface area contributed by atoms with Crippen LogP contribution in [-0.4, -0.2) is 16.8 Å². The van der Waals surface area contributed by atoms with Gasteiger partial charge in [-0.1, -0.05) is 18.2 Å². The second-order valence-corrected chi connectivity index (χ2v) is 4.78. The maximum Gasteiger partial charge on any atom is 0.340 e. The number of esters is 1. The predicted octanol–water partition coefficient (Wildman–Crippen LogP) is 1.70. The lowest BCUT2D eigenvalue weighted by Gasteiger charge is -2.13. The summed E-state index contributed by atoms with van der Waals surface area (Å²) in [5, 5.41) is 10.6. The smallest absolute Gasteiger partial charge is 0.340 e. The van der Waals surface area contributed by atoms with Crippen molar-refractivity contribution in [3.8, 4) is 0 Å². The molecule has 0 radical (unpaired) electrons. The monoisotopic (exact) mass is 313 g/mol. The third-order valence-corrected chi connectivity index (χ3v) is 3.35. The van der Waals surface area contributed by atoms with E-state index >= 15 is 0 Å². The number of hydrogen-bond acceptors (Lipinski definition) is 6. The van der Waals surface area contributed by atoms with Gasteiger partial charge in [0.2, 0.25) is 0 Å². The zero-order valence-corrected chi connectivity index (χ0v) is 11.7. The van der Waals surface area contributed by atoms with Gasteiger partial charge in [0.05, 0.1) is 10.5 Å². The molecule has 1 aliphatic rings. The van der Waals surface area contributed by atoms with Crippen molar-refractivity contribution < 1.29 is 19.2 Å². The van der Waals surface area contributed by atoms with Crippen LogP contribution in [0, 0.1) is 10.1 Å². The first-order valence-electron chi connectivity index (χ1n) is 6.66. The highest BCUT2D eigenvalue weighted by molar-refractivity contribution is 5.95. The molecule has 0 aromatic heterocycles. The number of fused-ring (bicyclic) bond motifs is 1. The molecule has 1 amide bonds. The van der Waals surface area contributed by atoms with Gasteiger partial charge < -0.3 is 4.74 Å². The number of carbonyl (C=O) groups is 2. The second-order valence-electron chi connectivity index (χ2n) is 4.78. The Hall–Kier alpha value is -3.26. The number of nitro groups is 1. The number of hydrogen-bond donors (Lipinski definition) is 2. The molecule has 8 nitrogen and oxygen atoms in total. The van der Waals surface area contributed by atoms with Crippen LogP contribution in [0.15, 0.2) is 48.5 Å². The summed E-state index contributed by atoms with van der Waals surface area (Å²) in [4.78, 5) is 33.7. The van der Waals surface area contributed by atoms with Crippen molar-refractivity contribution >= 4 is 17.6 Å². The summed E-state index contributed by atoms with van der Waals surface area (Å²) in [6, 6.07) is 12.0. The van der Waals surface area contributed by atoms with Crippen molar-refractivity contribution in [2.24, 2.45) is 0 Å². The van der Waals surface area contributed by atoms with E-state index in [1.165, 1.54) is 24.3 Å². The number of rotatable bonds is 4. The molecule has 1 unspecified atom stereocenters. The molecule has 1 heterocycles. The van der Waals surface area contributed by atoms with Gasteiger partial charge in [0.25, 0.3) is 11.6 Å². The van der Waals surface area contributed by atoms with Crippen molar-refractivity contribution in [2.75, 3.05) is 0 Å². The maximum absolute atomic E-state index is 12.0. The van der Waals surface area contributed by atoms with Crippen molar-refractivity contribution in [2.45, 2.75) is 6.23 Å². The number of amides is 1. The van der Waals surface area contributed by atoms with E-state index in [4.69, 9.17) is 4.74 Å². The van der Waals surface area contributed by atoms with Crippen LogP contribution in [0.1, 0.15) is 32.5 Å². The molecule has 0 aliphatic carbocycles. The summed E-state index contributed by atoms with van der Waals surface area (Å²) in [5.41, 5.74) is 6.24. The number of benzene rings is 2. The standard InChI is InChI=1S/C15H11N3O5/c19-13(9-5-7-10(8-6-9)18(21)22)16-17-14-11-3-1-2-4-12(11)15(20)23-14/h1-8,14,17H,(H,16,19). The molecular formula is C15H11N3O5. The molecule has 0 spiro atoms. The van der Waals surface area contributed by atoms with Crippen molar-refractivity contribution in [1.29, 1.82) is 0 Å². The van der Waals surface area contributed by atoms with Gasteiger partial charge in [-0.3, -0.25) is 20.3 Å². The van der Waals surface area contributed by atoms with E-state index in [1.54, 1.807) is 24.3 Å². The minimum absolute atomic E-state index is 0.104. The lowest BCUT2D eigenvalue weighted by atomic mass is 10.1. The van der Waals surface area contributed by atoms with Crippen LogP contribution >= 0.6 is 0 Å². The first-order chi connectivity index (χ1) is 11.1. The first-order valence-corrected chi connectivity index (χ1v) is 6.66. The maximum atomic E-state index is 12.0. The van der Waals surface area contributed by atoms with Gasteiger partial charge in [-0.25, -0.2) is 4.79 Å². The van der Waals surface area contributed by atoms with E-state index < -0.39 is 23.0 Å². The number of hydrazine groups is 1. The average Bonchev–Trinajstić information content (AvgIpc) is 2.89. The van der Waals surface area contributed by atoms with Crippen LogP contribution in [0.3, 0.4) is 0 Å². The molecule has 0 bridgehead atoms. The van der Waals surface area contributed by atoms with E-state index in [0.717, 1.165) is 0 Å². The number of nitrogens with one attached hydrogen (secondary N) is 2. The van der Waals surface area contributed by atoms with Gasteiger partial charge in [-0.2, -0.15) is 5.43 Å². The minimum Gasteiger partial charge on any atom is -0.437 e. The zero-order chi connectivity index (χ0) is 16.4. The van der Waals surface area contributed by atoms with Gasteiger partial charge >= 0.3 is 5.97 Å². The Labute approximate surface area is 130 Å². The molecule has 3 rings (SSSR count). The van der Waals surface area contributed by atoms with Crippen LogP contribution in [0.5, 0.6) is 0 Å². The summed E-state index contributed by atoms with van der Waals surface area (Å²) in [6.45, 7) is 0. The van der Waals surface area contributed by atoms with Crippen LogP contribution in [0.2, 0.25) is 0 Å². The van der Waals surface area contributed by atoms with Crippen molar-refractivity contribution in [1.82, 2.24) is 10.9 Å². The Morgan fingerprint density at radius 1 is 1.13 bits per heavy atom. The number of ether oxygens (including phenoxy) is 1. The Morgan fingerprint density at radius 2 is 1.83 bits per heavy atom. The van der Waals surface area contributed by atoms with E-state index in [-0.39, 0.29) is 11.3 Å². The molecule has 0 fully saturated rings. The van der Waals surface area contributed by atoms with E-state index in [9.17, 15) is 19.7 Å². The molecule has 2 aromatic rings. The molecule has 2 aromatic carbocycles. The highest BCUT2D eigenvalue weighted by Crippen LogP contribution is 2.27. The summed E-state index contributed by atoms with van der Waals surface area (Å²) in [7, 11) is 0. The number of cyclic esters (lactones) is 1. The molecule has 1 atom stereocenters. The fourth-order valence-corrected chi connectivity index (χ4v) is 2.19. The summed E-state index contributed by atoms with van der Waals surface area (Å²) < 4.78 is 5.11. The van der Waals surface area contributed by atoms with E-state index in [1.807, 2.05) is 0 Å². The first kappa shape index (κ1) is 14.7. The van der Waals surface area contributed by atoms with E-state index in [2.05, 4.69) is 10.9 Å². The number of non-ortho nitro benzene ring substituents is 1. The lowest BCUT2D eigenvalue weighted by Crippen LogP contribution is -2.40. The second kappa shape index (κ2) is 5.85.